The van der Waals surface area contributed by atoms with Gasteiger partial charge < -0.3 is 5.32 Å². The van der Waals surface area contributed by atoms with Gasteiger partial charge in [-0.1, -0.05) is 18.2 Å². The zero-order valence-electron chi connectivity index (χ0n) is 15.5. The van der Waals surface area contributed by atoms with Gasteiger partial charge in [0.1, 0.15) is 0 Å². The molecule has 1 aromatic heterocycles. The normalized spacial score (nSPS) is 12.0. The maximum absolute atomic E-state index is 12.8. The first-order chi connectivity index (χ1) is 14.0. The third-order valence-corrected chi connectivity index (χ3v) is 6.15. The Kier molecular flexibility index (Phi) is 6.25. The molecule has 0 unspecified atom stereocenters. The number of sulfonamides is 1. The van der Waals surface area contributed by atoms with Crippen LogP contribution in [0.1, 0.15) is 10.6 Å². The highest BCUT2D eigenvalue weighted by molar-refractivity contribution is 7.89. The van der Waals surface area contributed by atoms with Gasteiger partial charge >= 0.3 is 6.18 Å². The number of hydrogen-bond donors (Lipinski definition) is 2. The van der Waals surface area contributed by atoms with E-state index in [0.717, 1.165) is 34.5 Å². The lowest BCUT2D eigenvalue weighted by Gasteiger charge is -2.11. The number of anilines is 1. The van der Waals surface area contributed by atoms with Gasteiger partial charge in [-0.15, -0.1) is 11.3 Å². The summed E-state index contributed by atoms with van der Waals surface area (Å²) < 4.78 is 64.7. The Morgan fingerprint density at radius 2 is 1.83 bits per heavy atom. The van der Waals surface area contributed by atoms with Crippen LogP contribution < -0.4 is 10.0 Å². The lowest BCUT2D eigenvalue weighted by Crippen LogP contribution is -2.33. The summed E-state index contributed by atoms with van der Waals surface area (Å²) in [6.45, 7) is 1.26. The molecule has 0 aliphatic carbocycles. The molecule has 2 N–H and O–H groups in total. The van der Waals surface area contributed by atoms with Crippen LogP contribution in [0.3, 0.4) is 0 Å². The lowest BCUT2D eigenvalue weighted by molar-refractivity contribution is -0.137. The SMILES string of the molecule is Cc1nc(-c2ccc(NC(=O)CNS(=O)(=O)c3cccc(C(F)(F)F)c3)cc2)cs1. The van der Waals surface area contributed by atoms with Crippen molar-refractivity contribution >= 4 is 33.0 Å². The van der Waals surface area contributed by atoms with E-state index in [4.69, 9.17) is 0 Å². The number of rotatable bonds is 6. The minimum atomic E-state index is -4.67. The van der Waals surface area contributed by atoms with Crippen LogP contribution in [0.25, 0.3) is 11.3 Å². The Labute approximate surface area is 174 Å². The number of nitrogens with one attached hydrogen (secondary N) is 2. The molecule has 30 heavy (non-hydrogen) atoms. The number of halogens is 3. The van der Waals surface area contributed by atoms with Gasteiger partial charge in [0.25, 0.3) is 0 Å². The van der Waals surface area contributed by atoms with Crippen molar-refractivity contribution in [3.8, 4) is 11.3 Å². The van der Waals surface area contributed by atoms with Gasteiger partial charge in [-0.3, -0.25) is 4.79 Å². The smallest absolute Gasteiger partial charge is 0.325 e. The first kappa shape index (κ1) is 21.9. The monoisotopic (exact) mass is 455 g/mol. The second-order valence-corrected chi connectivity index (χ2v) is 9.06. The second-order valence-electron chi connectivity index (χ2n) is 6.23. The van der Waals surface area contributed by atoms with Gasteiger partial charge in [-0.2, -0.15) is 13.2 Å². The van der Waals surface area contributed by atoms with E-state index in [2.05, 4.69) is 10.3 Å². The Morgan fingerprint density at radius 3 is 2.43 bits per heavy atom. The summed E-state index contributed by atoms with van der Waals surface area (Å²) in [5, 5.41) is 5.36. The summed E-state index contributed by atoms with van der Waals surface area (Å²) in [5.41, 5.74) is 1.02. The predicted octanol–water partition coefficient (Wildman–Crippen LogP) is 4.05. The number of carbonyl (C=O) groups is 1. The van der Waals surface area contributed by atoms with Crippen LogP contribution in [0.2, 0.25) is 0 Å². The van der Waals surface area contributed by atoms with Crippen molar-refractivity contribution in [3.63, 3.8) is 0 Å². The minimum absolute atomic E-state index is 0.439. The standard InChI is InChI=1S/C19H16F3N3O3S2/c1-12-24-17(11-29-12)13-5-7-15(8-6-13)25-18(26)10-23-30(27,28)16-4-2-3-14(9-16)19(20,21)22/h2-9,11,23H,10H2,1H3,(H,25,26). The molecular weight excluding hydrogens is 439 g/mol. The molecule has 1 heterocycles. The fourth-order valence-electron chi connectivity index (χ4n) is 2.51. The van der Waals surface area contributed by atoms with Crippen molar-refractivity contribution in [1.29, 1.82) is 0 Å². The average molecular weight is 455 g/mol. The summed E-state index contributed by atoms with van der Waals surface area (Å²) in [7, 11) is -4.29. The number of carbonyl (C=O) groups excluding carboxylic acids is 1. The number of nitrogens with zero attached hydrogens (tertiary/aromatic N) is 1. The fraction of sp³-hybridized carbons (Fsp3) is 0.158. The van der Waals surface area contributed by atoms with Crippen molar-refractivity contribution in [2.75, 3.05) is 11.9 Å². The quantitative estimate of drug-likeness (QED) is 0.587. The van der Waals surface area contributed by atoms with Gasteiger partial charge in [0.05, 0.1) is 27.7 Å². The van der Waals surface area contributed by atoms with Gasteiger partial charge in [0.15, 0.2) is 0 Å². The molecule has 2 aromatic carbocycles. The Hall–Kier alpha value is -2.76. The fourth-order valence-corrected chi connectivity index (χ4v) is 4.16. The highest BCUT2D eigenvalue weighted by atomic mass is 32.2. The molecule has 0 aliphatic heterocycles. The van der Waals surface area contributed by atoms with Gasteiger partial charge in [-0.05, 0) is 37.3 Å². The number of alkyl halides is 3. The number of aromatic nitrogens is 1. The maximum Gasteiger partial charge on any atom is 0.416 e. The largest absolute Gasteiger partial charge is 0.416 e. The molecule has 0 bridgehead atoms. The molecule has 0 aliphatic rings. The second kappa shape index (κ2) is 8.54. The summed E-state index contributed by atoms with van der Waals surface area (Å²) in [4.78, 5) is 15.8. The van der Waals surface area contributed by atoms with Crippen LogP contribution in [-0.4, -0.2) is 25.9 Å². The Morgan fingerprint density at radius 1 is 1.13 bits per heavy atom. The minimum Gasteiger partial charge on any atom is -0.325 e. The van der Waals surface area contributed by atoms with E-state index < -0.39 is 39.1 Å². The zero-order chi connectivity index (χ0) is 21.9. The van der Waals surface area contributed by atoms with E-state index in [1.165, 1.54) is 11.3 Å². The van der Waals surface area contributed by atoms with Crippen molar-refractivity contribution in [3.05, 3.63) is 64.5 Å². The first-order valence-electron chi connectivity index (χ1n) is 8.54. The molecule has 0 fully saturated rings. The van der Waals surface area contributed by atoms with Crippen LogP contribution in [0.15, 0.2) is 58.8 Å². The predicted molar refractivity (Wildman–Crippen MR) is 108 cm³/mol. The summed E-state index contributed by atoms with van der Waals surface area (Å²) in [5.74, 6) is -0.664. The molecule has 0 radical (unpaired) electrons. The van der Waals surface area contributed by atoms with Gasteiger partial charge in [0, 0.05) is 16.6 Å². The number of amides is 1. The molecule has 0 saturated heterocycles. The molecule has 158 valence electrons. The van der Waals surface area contributed by atoms with E-state index in [0.29, 0.717) is 11.8 Å². The van der Waals surface area contributed by atoms with Crippen molar-refractivity contribution in [2.45, 2.75) is 18.0 Å². The van der Waals surface area contributed by atoms with Gasteiger partial charge in [-0.25, -0.2) is 18.1 Å². The summed E-state index contributed by atoms with van der Waals surface area (Å²) >= 11 is 1.51. The average Bonchev–Trinajstić information content (AvgIpc) is 3.13. The summed E-state index contributed by atoms with van der Waals surface area (Å²) in [6.07, 6.45) is -4.67. The van der Waals surface area contributed by atoms with E-state index in [1.807, 2.05) is 17.0 Å². The molecule has 0 spiro atoms. The molecular formula is C19H16F3N3O3S2. The Balaban J connectivity index is 1.61. The molecule has 0 atom stereocenters. The highest BCUT2D eigenvalue weighted by Gasteiger charge is 2.31. The number of hydrogen-bond acceptors (Lipinski definition) is 5. The zero-order valence-corrected chi connectivity index (χ0v) is 17.2. The van der Waals surface area contributed by atoms with Crippen molar-refractivity contribution in [1.82, 2.24) is 9.71 Å². The van der Waals surface area contributed by atoms with E-state index in [-0.39, 0.29) is 0 Å². The van der Waals surface area contributed by atoms with E-state index in [1.54, 1.807) is 24.3 Å². The topological polar surface area (TPSA) is 88.2 Å². The molecule has 3 rings (SSSR count). The third kappa shape index (κ3) is 5.43. The van der Waals surface area contributed by atoms with E-state index in [9.17, 15) is 26.4 Å². The molecule has 6 nitrogen and oxygen atoms in total. The Bertz CT molecular complexity index is 1160. The van der Waals surface area contributed by atoms with Crippen molar-refractivity contribution in [2.24, 2.45) is 0 Å². The molecule has 0 saturated carbocycles. The molecule has 3 aromatic rings. The van der Waals surface area contributed by atoms with Crippen LogP contribution >= 0.6 is 11.3 Å². The number of benzene rings is 2. The highest BCUT2D eigenvalue weighted by Crippen LogP contribution is 2.30. The van der Waals surface area contributed by atoms with Crippen molar-refractivity contribution < 1.29 is 26.4 Å². The van der Waals surface area contributed by atoms with Crippen LogP contribution in [0, 0.1) is 6.92 Å². The van der Waals surface area contributed by atoms with Crippen LogP contribution in [0.5, 0.6) is 0 Å². The molecule has 11 heteroatoms. The van der Waals surface area contributed by atoms with E-state index >= 15 is 0 Å². The third-order valence-electron chi connectivity index (χ3n) is 3.98. The van der Waals surface area contributed by atoms with Crippen LogP contribution in [-0.2, 0) is 21.0 Å². The first-order valence-corrected chi connectivity index (χ1v) is 10.9. The summed E-state index contributed by atoms with van der Waals surface area (Å²) in [6, 6.07) is 10.1. The van der Waals surface area contributed by atoms with Gasteiger partial charge in [0.2, 0.25) is 15.9 Å². The lowest BCUT2D eigenvalue weighted by atomic mass is 10.1. The molecule has 1 amide bonds. The maximum atomic E-state index is 12.8. The number of aryl methyl sites for hydroxylation is 1. The van der Waals surface area contributed by atoms with Crippen LogP contribution in [0.4, 0.5) is 18.9 Å². The number of thiazole rings is 1.